The first-order valence-corrected chi connectivity index (χ1v) is 10.4. The number of nitrogens with one attached hydrogen (secondary N) is 1. The molecule has 0 saturated carbocycles. The molecule has 0 aromatic heterocycles. The van der Waals surface area contributed by atoms with Crippen molar-refractivity contribution in [3.63, 3.8) is 0 Å². The second-order valence-electron chi connectivity index (χ2n) is 6.80. The first-order valence-electron chi connectivity index (χ1n) is 9.62. The molecule has 1 amide bonds. The summed E-state index contributed by atoms with van der Waals surface area (Å²) in [7, 11) is 0. The van der Waals surface area contributed by atoms with Crippen LogP contribution in [-0.4, -0.2) is 50.3 Å². The third kappa shape index (κ3) is 4.76. The van der Waals surface area contributed by atoms with E-state index in [1.54, 1.807) is 6.07 Å². The number of rotatable bonds is 6. The summed E-state index contributed by atoms with van der Waals surface area (Å²) in [5.41, 5.74) is 1.74. The summed E-state index contributed by atoms with van der Waals surface area (Å²) in [6, 6.07) is 9.32. The third-order valence-electron chi connectivity index (χ3n) is 4.75. The number of carbonyl (C=O) groups is 1. The molecule has 0 radical (unpaired) electrons. The zero-order valence-corrected chi connectivity index (χ0v) is 17.8. The number of benzene rings is 2. The second-order valence-corrected chi connectivity index (χ2v) is 7.65. The van der Waals surface area contributed by atoms with Crippen molar-refractivity contribution in [2.24, 2.45) is 0 Å². The Morgan fingerprint density at radius 1 is 0.966 bits per heavy atom. The number of ether oxygens (including phenoxy) is 4. The molecule has 0 atom stereocenters. The van der Waals surface area contributed by atoms with Crippen LogP contribution in [0.2, 0.25) is 0 Å². The fourth-order valence-electron chi connectivity index (χ4n) is 3.27. The topological polar surface area (TPSA) is 69.3 Å². The largest absolute Gasteiger partial charge is 0.486 e. The number of hydrogen-bond acceptors (Lipinski definition) is 6. The average Bonchev–Trinajstić information content (AvgIpc) is 2.73. The maximum absolute atomic E-state index is 12.6. The number of amides is 1. The van der Waals surface area contributed by atoms with Crippen LogP contribution < -0.4 is 24.3 Å². The minimum Gasteiger partial charge on any atom is -0.486 e. The number of carbonyl (C=O) groups excluding carboxylic acids is 1. The fourth-order valence-corrected chi connectivity index (χ4v) is 3.72. The predicted molar refractivity (Wildman–Crippen MR) is 112 cm³/mol. The quantitative estimate of drug-likeness (QED) is 0.708. The number of nitrogens with zero attached hydrogens (tertiary/aromatic N) is 1. The summed E-state index contributed by atoms with van der Waals surface area (Å²) in [5.74, 6) is 2.75. The zero-order valence-electron chi connectivity index (χ0n) is 16.2. The van der Waals surface area contributed by atoms with E-state index in [4.69, 9.17) is 18.9 Å². The molecule has 2 heterocycles. The van der Waals surface area contributed by atoms with Gasteiger partial charge in [-0.25, -0.2) is 0 Å². The van der Waals surface area contributed by atoms with Gasteiger partial charge in [-0.3, -0.25) is 9.69 Å². The van der Waals surface area contributed by atoms with Crippen molar-refractivity contribution in [3.8, 4) is 23.0 Å². The van der Waals surface area contributed by atoms with Crippen molar-refractivity contribution in [3.05, 3.63) is 40.4 Å². The number of fused-ring (bicyclic) bond motifs is 2. The third-order valence-corrected chi connectivity index (χ3v) is 5.48. The van der Waals surface area contributed by atoms with Crippen molar-refractivity contribution in [1.29, 1.82) is 0 Å². The summed E-state index contributed by atoms with van der Waals surface area (Å²) in [6.45, 7) is 5.80. The van der Waals surface area contributed by atoms with Gasteiger partial charge >= 0.3 is 0 Å². The van der Waals surface area contributed by atoms with Crippen LogP contribution in [0.1, 0.15) is 12.5 Å². The minimum absolute atomic E-state index is 0.0859. The molecular weight excluding hydrogens is 440 g/mol. The van der Waals surface area contributed by atoms with Gasteiger partial charge in [0.15, 0.2) is 23.0 Å². The highest BCUT2D eigenvalue weighted by atomic mass is 79.9. The molecule has 0 aliphatic carbocycles. The molecule has 7 nitrogen and oxygen atoms in total. The SMILES string of the molecule is CCN(CC(=O)Nc1ccc2c(c1)OCCO2)Cc1cc2c(cc1Br)OCCO2. The molecule has 0 saturated heterocycles. The molecule has 1 N–H and O–H groups in total. The van der Waals surface area contributed by atoms with Crippen LogP contribution in [0.15, 0.2) is 34.8 Å². The molecule has 0 spiro atoms. The summed E-state index contributed by atoms with van der Waals surface area (Å²) in [6.07, 6.45) is 0. The van der Waals surface area contributed by atoms with Crippen LogP contribution in [0, 0.1) is 0 Å². The Morgan fingerprint density at radius 3 is 2.28 bits per heavy atom. The van der Waals surface area contributed by atoms with E-state index in [0.717, 1.165) is 28.1 Å². The molecule has 0 bridgehead atoms. The number of anilines is 1. The Hall–Kier alpha value is -2.45. The lowest BCUT2D eigenvalue weighted by Gasteiger charge is -2.24. The second kappa shape index (κ2) is 8.92. The Labute approximate surface area is 178 Å². The normalized spacial score (nSPS) is 14.6. The van der Waals surface area contributed by atoms with Crippen molar-refractivity contribution < 1.29 is 23.7 Å². The van der Waals surface area contributed by atoms with Crippen LogP contribution in [0.25, 0.3) is 0 Å². The molecule has 154 valence electrons. The van der Waals surface area contributed by atoms with E-state index >= 15 is 0 Å². The van der Waals surface area contributed by atoms with Gasteiger partial charge in [0.05, 0.1) is 6.54 Å². The molecule has 29 heavy (non-hydrogen) atoms. The Balaban J connectivity index is 1.39. The maximum Gasteiger partial charge on any atom is 0.238 e. The van der Waals surface area contributed by atoms with Gasteiger partial charge in [0, 0.05) is 22.8 Å². The molecule has 0 unspecified atom stereocenters. The highest BCUT2D eigenvalue weighted by Crippen LogP contribution is 2.36. The summed E-state index contributed by atoms with van der Waals surface area (Å²) < 4.78 is 23.3. The van der Waals surface area contributed by atoms with Crippen LogP contribution in [-0.2, 0) is 11.3 Å². The van der Waals surface area contributed by atoms with Crippen molar-refractivity contribution >= 4 is 27.5 Å². The standard InChI is InChI=1S/C21H23BrN2O5/c1-2-24(12-14-9-18-20(11-16(14)22)29-8-7-27-18)13-21(25)23-15-3-4-17-19(10-15)28-6-5-26-17/h3-4,9-11H,2,5-8,12-13H2,1H3,(H,23,25). The monoisotopic (exact) mass is 462 g/mol. The first kappa shape index (κ1) is 19.8. The van der Waals surface area contributed by atoms with Crippen LogP contribution >= 0.6 is 15.9 Å². The van der Waals surface area contributed by atoms with Crippen LogP contribution in [0.3, 0.4) is 0 Å². The Morgan fingerprint density at radius 2 is 1.59 bits per heavy atom. The minimum atomic E-state index is -0.0859. The van der Waals surface area contributed by atoms with E-state index < -0.39 is 0 Å². The Bertz CT molecular complexity index is 905. The van der Waals surface area contributed by atoms with Crippen molar-refractivity contribution in [2.75, 3.05) is 44.8 Å². The molecule has 2 aliphatic rings. The van der Waals surface area contributed by atoms with Crippen molar-refractivity contribution in [2.45, 2.75) is 13.5 Å². The maximum atomic E-state index is 12.6. The van der Waals surface area contributed by atoms with Gasteiger partial charge in [-0.05, 0) is 36.4 Å². The lowest BCUT2D eigenvalue weighted by atomic mass is 10.1. The number of halogens is 1. The summed E-state index contributed by atoms with van der Waals surface area (Å²) >= 11 is 3.60. The summed E-state index contributed by atoms with van der Waals surface area (Å²) in [4.78, 5) is 14.6. The number of hydrogen-bond donors (Lipinski definition) is 1. The van der Waals surface area contributed by atoms with Crippen LogP contribution in [0.4, 0.5) is 5.69 Å². The fraction of sp³-hybridized carbons (Fsp3) is 0.381. The van der Waals surface area contributed by atoms with Gasteiger partial charge < -0.3 is 24.3 Å². The molecule has 2 aliphatic heterocycles. The molecule has 2 aromatic carbocycles. The first-order chi connectivity index (χ1) is 14.1. The lowest BCUT2D eigenvalue weighted by molar-refractivity contribution is -0.117. The molecule has 4 rings (SSSR count). The van der Waals surface area contributed by atoms with E-state index in [1.165, 1.54) is 0 Å². The smallest absolute Gasteiger partial charge is 0.238 e. The molecule has 0 fully saturated rings. The zero-order chi connectivity index (χ0) is 20.2. The lowest BCUT2D eigenvalue weighted by Crippen LogP contribution is -2.33. The van der Waals surface area contributed by atoms with Gasteiger partial charge in [0.2, 0.25) is 5.91 Å². The average molecular weight is 463 g/mol. The highest BCUT2D eigenvalue weighted by Gasteiger charge is 2.18. The van der Waals surface area contributed by atoms with E-state index in [-0.39, 0.29) is 12.5 Å². The van der Waals surface area contributed by atoms with E-state index in [0.29, 0.717) is 50.2 Å². The Kier molecular flexibility index (Phi) is 6.10. The predicted octanol–water partition coefficient (Wildman–Crippen LogP) is 3.45. The molecule has 8 heteroatoms. The number of likely N-dealkylation sites (N-methyl/N-ethyl adjacent to an activating group) is 1. The van der Waals surface area contributed by atoms with Gasteiger partial charge in [-0.2, -0.15) is 0 Å². The van der Waals surface area contributed by atoms with Crippen LogP contribution in [0.5, 0.6) is 23.0 Å². The van der Waals surface area contributed by atoms with Crippen molar-refractivity contribution in [1.82, 2.24) is 4.90 Å². The van der Waals surface area contributed by atoms with Gasteiger partial charge in [0.1, 0.15) is 26.4 Å². The van der Waals surface area contributed by atoms with Gasteiger partial charge in [-0.1, -0.05) is 22.9 Å². The highest BCUT2D eigenvalue weighted by molar-refractivity contribution is 9.10. The molecule has 2 aromatic rings. The molecular formula is C21H23BrN2O5. The van der Waals surface area contributed by atoms with E-state index in [9.17, 15) is 4.79 Å². The van der Waals surface area contributed by atoms with E-state index in [1.807, 2.05) is 31.2 Å². The summed E-state index contributed by atoms with van der Waals surface area (Å²) in [5, 5.41) is 2.93. The van der Waals surface area contributed by atoms with Gasteiger partial charge in [-0.15, -0.1) is 0 Å². The van der Waals surface area contributed by atoms with Gasteiger partial charge in [0.25, 0.3) is 0 Å². The van der Waals surface area contributed by atoms with E-state index in [2.05, 4.69) is 26.1 Å².